The Morgan fingerprint density at radius 2 is 2.22 bits per heavy atom. The maximum Gasteiger partial charge on any atom is 0.191 e. The molecule has 1 aliphatic carbocycles. The lowest BCUT2D eigenvalue weighted by Crippen LogP contribution is -2.44. The standard InChI is InChI=1S/C16H25N5S.HI/c1-16(2,3)13-10-22-14(21-13)9-19-15(18-4)20-12-7-5-6-11(12)8-17;/h10-12H,5-7,9H2,1-4H3,(H2,18,19,20);1H. The zero-order chi connectivity index (χ0) is 16.2. The first-order valence-corrected chi connectivity index (χ1v) is 8.63. The van der Waals surface area contributed by atoms with Crippen molar-refractivity contribution < 1.29 is 0 Å². The molecule has 23 heavy (non-hydrogen) atoms. The second kappa shape index (κ2) is 8.83. The van der Waals surface area contributed by atoms with Gasteiger partial charge in [-0.1, -0.05) is 20.8 Å². The van der Waals surface area contributed by atoms with E-state index in [-0.39, 0.29) is 41.4 Å². The lowest BCUT2D eigenvalue weighted by molar-refractivity contribution is 0.532. The van der Waals surface area contributed by atoms with Crippen molar-refractivity contribution in [3.05, 3.63) is 16.1 Å². The van der Waals surface area contributed by atoms with Crippen LogP contribution in [0.3, 0.4) is 0 Å². The van der Waals surface area contributed by atoms with Crippen molar-refractivity contribution in [3.8, 4) is 6.07 Å². The summed E-state index contributed by atoms with van der Waals surface area (Å²) in [6.07, 6.45) is 3.12. The lowest BCUT2D eigenvalue weighted by atomic mass is 9.93. The van der Waals surface area contributed by atoms with Crippen molar-refractivity contribution in [2.24, 2.45) is 10.9 Å². The monoisotopic (exact) mass is 447 g/mol. The highest BCUT2D eigenvalue weighted by atomic mass is 127. The number of halogens is 1. The molecule has 0 radical (unpaired) electrons. The second-order valence-electron chi connectivity index (χ2n) is 6.72. The van der Waals surface area contributed by atoms with Crippen LogP contribution in [-0.4, -0.2) is 24.0 Å². The summed E-state index contributed by atoms with van der Waals surface area (Å²) in [5, 5.41) is 19.0. The van der Waals surface area contributed by atoms with E-state index in [1.54, 1.807) is 18.4 Å². The normalized spacial score (nSPS) is 21.4. The Labute approximate surface area is 160 Å². The largest absolute Gasteiger partial charge is 0.352 e. The number of guanidine groups is 1. The van der Waals surface area contributed by atoms with Crippen LogP contribution in [0.25, 0.3) is 0 Å². The highest BCUT2D eigenvalue weighted by Crippen LogP contribution is 2.25. The molecule has 0 amide bonds. The van der Waals surface area contributed by atoms with Gasteiger partial charge < -0.3 is 10.6 Å². The van der Waals surface area contributed by atoms with E-state index in [1.807, 2.05) is 0 Å². The summed E-state index contributed by atoms with van der Waals surface area (Å²) in [5.41, 5.74) is 1.20. The molecule has 2 rings (SSSR count). The van der Waals surface area contributed by atoms with Crippen LogP contribution in [0.1, 0.15) is 50.7 Å². The zero-order valence-electron chi connectivity index (χ0n) is 14.2. The van der Waals surface area contributed by atoms with Crippen molar-refractivity contribution in [2.45, 2.75) is 58.0 Å². The van der Waals surface area contributed by atoms with E-state index < -0.39 is 0 Å². The van der Waals surface area contributed by atoms with E-state index in [4.69, 9.17) is 5.26 Å². The Hall–Kier alpha value is -0.880. The molecule has 0 spiro atoms. The maximum absolute atomic E-state index is 9.15. The predicted octanol–water partition coefficient (Wildman–Crippen LogP) is 3.42. The molecule has 2 unspecified atom stereocenters. The topological polar surface area (TPSA) is 73.1 Å². The Morgan fingerprint density at radius 1 is 1.48 bits per heavy atom. The summed E-state index contributed by atoms with van der Waals surface area (Å²) in [6.45, 7) is 7.16. The molecule has 7 heteroatoms. The smallest absolute Gasteiger partial charge is 0.191 e. The molecule has 1 aromatic rings. The number of aromatic nitrogens is 1. The summed E-state index contributed by atoms with van der Waals surface area (Å²) in [7, 11) is 1.76. The first-order valence-electron chi connectivity index (χ1n) is 7.75. The van der Waals surface area contributed by atoms with Gasteiger partial charge in [-0.15, -0.1) is 35.3 Å². The Kier molecular flexibility index (Phi) is 7.74. The summed E-state index contributed by atoms with van der Waals surface area (Å²) in [4.78, 5) is 8.92. The molecule has 5 nitrogen and oxygen atoms in total. The van der Waals surface area contributed by atoms with Crippen molar-refractivity contribution in [1.29, 1.82) is 5.26 Å². The SMILES string of the molecule is CN=C(NCc1nc(C(C)(C)C)cs1)NC1CCCC1C#N.I. The van der Waals surface area contributed by atoms with Gasteiger partial charge in [0, 0.05) is 23.9 Å². The van der Waals surface area contributed by atoms with Gasteiger partial charge in [-0.3, -0.25) is 4.99 Å². The molecule has 1 fully saturated rings. The van der Waals surface area contributed by atoms with Crippen LogP contribution in [0, 0.1) is 17.2 Å². The number of hydrogen-bond acceptors (Lipinski definition) is 4. The highest BCUT2D eigenvalue weighted by Gasteiger charge is 2.27. The minimum Gasteiger partial charge on any atom is -0.352 e. The van der Waals surface area contributed by atoms with Gasteiger partial charge in [0.25, 0.3) is 0 Å². The number of nitriles is 1. The first-order chi connectivity index (χ1) is 10.4. The number of aliphatic imine (C=N–C) groups is 1. The molecule has 0 saturated heterocycles. The number of nitrogens with zero attached hydrogens (tertiary/aromatic N) is 3. The van der Waals surface area contributed by atoms with E-state index in [0.29, 0.717) is 6.54 Å². The van der Waals surface area contributed by atoms with Crippen LogP contribution in [-0.2, 0) is 12.0 Å². The first kappa shape index (κ1) is 20.2. The summed E-state index contributed by atoms with van der Waals surface area (Å²) < 4.78 is 0. The molecule has 0 aromatic carbocycles. The fraction of sp³-hybridized carbons (Fsp3) is 0.688. The van der Waals surface area contributed by atoms with Crippen LogP contribution in [0.5, 0.6) is 0 Å². The van der Waals surface area contributed by atoms with Crippen molar-refractivity contribution in [1.82, 2.24) is 15.6 Å². The van der Waals surface area contributed by atoms with E-state index in [1.165, 1.54) is 0 Å². The Bertz CT molecular complexity index is 570. The number of thiazole rings is 1. The number of hydrogen-bond donors (Lipinski definition) is 2. The van der Waals surface area contributed by atoms with E-state index in [0.717, 1.165) is 35.9 Å². The van der Waals surface area contributed by atoms with E-state index in [9.17, 15) is 0 Å². The molecule has 1 saturated carbocycles. The minimum absolute atomic E-state index is 0. The molecular weight excluding hydrogens is 421 g/mol. The average molecular weight is 447 g/mol. The van der Waals surface area contributed by atoms with Crippen molar-refractivity contribution in [2.75, 3.05) is 7.05 Å². The van der Waals surface area contributed by atoms with Crippen molar-refractivity contribution in [3.63, 3.8) is 0 Å². The molecule has 2 atom stereocenters. The molecule has 0 bridgehead atoms. The van der Waals surface area contributed by atoms with Gasteiger partial charge in [-0.2, -0.15) is 5.26 Å². The van der Waals surface area contributed by atoms with E-state index >= 15 is 0 Å². The Balaban J connectivity index is 0.00000264. The third-order valence-electron chi connectivity index (χ3n) is 3.95. The fourth-order valence-electron chi connectivity index (χ4n) is 2.55. The minimum atomic E-state index is 0. The summed E-state index contributed by atoms with van der Waals surface area (Å²) >= 11 is 1.67. The highest BCUT2D eigenvalue weighted by molar-refractivity contribution is 14.0. The van der Waals surface area contributed by atoms with Gasteiger partial charge in [-0.25, -0.2) is 4.98 Å². The fourth-order valence-corrected chi connectivity index (χ4v) is 3.51. The molecular formula is C16H26IN5S. The lowest BCUT2D eigenvalue weighted by Gasteiger charge is -2.19. The van der Waals surface area contributed by atoms with Crippen LogP contribution in [0.15, 0.2) is 10.4 Å². The maximum atomic E-state index is 9.15. The third-order valence-corrected chi connectivity index (χ3v) is 4.80. The molecule has 0 aliphatic heterocycles. The van der Waals surface area contributed by atoms with Gasteiger partial charge in [0.15, 0.2) is 5.96 Å². The molecule has 1 aromatic heterocycles. The third kappa shape index (κ3) is 5.60. The van der Waals surface area contributed by atoms with Gasteiger partial charge in [0.2, 0.25) is 0 Å². The second-order valence-corrected chi connectivity index (χ2v) is 7.66. The molecule has 2 N–H and O–H groups in total. The average Bonchev–Trinajstić information content (AvgIpc) is 3.11. The predicted molar refractivity (Wildman–Crippen MR) is 106 cm³/mol. The Morgan fingerprint density at radius 3 is 2.78 bits per heavy atom. The van der Waals surface area contributed by atoms with Crippen molar-refractivity contribution >= 4 is 41.3 Å². The van der Waals surface area contributed by atoms with Crippen LogP contribution >= 0.6 is 35.3 Å². The van der Waals surface area contributed by atoms with E-state index in [2.05, 4.69) is 52.8 Å². The number of rotatable bonds is 3. The zero-order valence-corrected chi connectivity index (χ0v) is 17.4. The van der Waals surface area contributed by atoms with Crippen LogP contribution < -0.4 is 10.6 Å². The van der Waals surface area contributed by atoms with Crippen LogP contribution in [0.2, 0.25) is 0 Å². The summed E-state index contributed by atoms with van der Waals surface area (Å²) in [6, 6.07) is 2.59. The quantitative estimate of drug-likeness (QED) is 0.423. The van der Waals surface area contributed by atoms with Crippen LogP contribution in [0.4, 0.5) is 0 Å². The number of nitrogens with one attached hydrogen (secondary N) is 2. The van der Waals surface area contributed by atoms with Gasteiger partial charge in [-0.05, 0) is 19.3 Å². The molecule has 1 aliphatic rings. The van der Waals surface area contributed by atoms with Gasteiger partial charge in [0.05, 0.1) is 24.2 Å². The van der Waals surface area contributed by atoms with Gasteiger partial charge >= 0.3 is 0 Å². The molecule has 128 valence electrons. The molecule has 1 heterocycles. The van der Waals surface area contributed by atoms with Gasteiger partial charge in [0.1, 0.15) is 5.01 Å². The summed E-state index contributed by atoms with van der Waals surface area (Å²) in [5.74, 6) is 0.838.